The molecule has 0 aromatic heterocycles. The Morgan fingerprint density at radius 1 is 1.38 bits per heavy atom. The van der Waals surface area contributed by atoms with Gasteiger partial charge < -0.3 is 9.47 Å². The zero-order valence-electron chi connectivity index (χ0n) is 9.60. The van der Waals surface area contributed by atoms with E-state index in [1.807, 2.05) is 31.2 Å². The van der Waals surface area contributed by atoms with Crippen molar-refractivity contribution in [1.82, 2.24) is 0 Å². The molecule has 1 fully saturated rings. The van der Waals surface area contributed by atoms with E-state index in [2.05, 4.69) is 0 Å². The zero-order chi connectivity index (χ0) is 11.5. The molecule has 1 aliphatic rings. The molecule has 2 rings (SSSR count). The molecule has 0 aliphatic carbocycles. The van der Waals surface area contributed by atoms with Gasteiger partial charge in [0.05, 0.1) is 19.1 Å². The van der Waals surface area contributed by atoms with Gasteiger partial charge in [-0.3, -0.25) is 4.79 Å². The van der Waals surface area contributed by atoms with Crippen LogP contribution in [-0.4, -0.2) is 25.6 Å². The monoisotopic (exact) mass is 220 g/mol. The standard InChI is InChI=1S/C13H16O3/c1-9-12(7-8-16-9)13(14)10-3-5-11(15-2)6-4-10/h3-6,9,12H,7-8H2,1-2H3. The molecule has 0 bridgehead atoms. The van der Waals surface area contributed by atoms with Crippen molar-refractivity contribution >= 4 is 5.78 Å². The highest BCUT2D eigenvalue weighted by Gasteiger charge is 2.31. The summed E-state index contributed by atoms with van der Waals surface area (Å²) in [6, 6.07) is 7.25. The van der Waals surface area contributed by atoms with Crippen LogP contribution in [0.25, 0.3) is 0 Å². The van der Waals surface area contributed by atoms with Crippen molar-refractivity contribution in [2.45, 2.75) is 19.4 Å². The van der Waals surface area contributed by atoms with Crippen molar-refractivity contribution in [1.29, 1.82) is 0 Å². The number of hydrogen-bond donors (Lipinski definition) is 0. The summed E-state index contributed by atoms with van der Waals surface area (Å²) in [7, 11) is 1.61. The van der Waals surface area contributed by atoms with E-state index in [-0.39, 0.29) is 17.8 Å². The lowest BCUT2D eigenvalue weighted by Crippen LogP contribution is -2.21. The first-order chi connectivity index (χ1) is 7.72. The Bertz CT molecular complexity index is 369. The lowest BCUT2D eigenvalue weighted by Gasteiger charge is -2.12. The van der Waals surface area contributed by atoms with Gasteiger partial charge in [-0.25, -0.2) is 0 Å². The molecule has 0 amide bonds. The molecular weight excluding hydrogens is 204 g/mol. The van der Waals surface area contributed by atoms with Gasteiger partial charge >= 0.3 is 0 Å². The number of carbonyl (C=O) groups is 1. The lowest BCUT2D eigenvalue weighted by molar-refractivity contribution is 0.0764. The van der Waals surface area contributed by atoms with Crippen LogP contribution in [0, 0.1) is 5.92 Å². The highest BCUT2D eigenvalue weighted by molar-refractivity contribution is 5.98. The van der Waals surface area contributed by atoms with Crippen LogP contribution in [0.15, 0.2) is 24.3 Å². The molecule has 1 saturated heterocycles. The van der Waals surface area contributed by atoms with Gasteiger partial charge in [-0.15, -0.1) is 0 Å². The highest BCUT2D eigenvalue weighted by Crippen LogP contribution is 2.25. The molecule has 0 saturated carbocycles. The van der Waals surface area contributed by atoms with Crippen LogP contribution in [0.2, 0.25) is 0 Å². The SMILES string of the molecule is COc1ccc(C(=O)C2CCOC2C)cc1. The largest absolute Gasteiger partial charge is 0.497 e. The predicted molar refractivity (Wildman–Crippen MR) is 60.8 cm³/mol. The summed E-state index contributed by atoms with van der Waals surface area (Å²) in [5.41, 5.74) is 0.739. The van der Waals surface area contributed by atoms with Gasteiger partial charge in [-0.1, -0.05) is 0 Å². The van der Waals surface area contributed by atoms with Crippen LogP contribution in [-0.2, 0) is 4.74 Å². The number of carbonyl (C=O) groups excluding carboxylic acids is 1. The molecule has 3 heteroatoms. The first-order valence-electron chi connectivity index (χ1n) is 5.52. The molecule has 0 radical (unpaired) electrons. The maximum atomic E-state index is 12.1. The zero-order valence-corrected chi connectivity index (χ0v) is 9.60. The van der Waals surface area contributed by atoms with Crippen molar-refractivity contribution in [2.75, 3.05) is 13.7 Å². The smallest absolute Gasteiger partial charge is 0.168 e. The summed E-state index contributed by atoms with van der Waals surface area (Å²) >= 11 is 0. The second-order valence-electron chi connectivity index (χ2n) is 4.06. The van der Waals surface area contributed by atoms with E-state index in [4.69, 9.17) is 9.47 Å². The van der Waals surface area contributed by atoms with Gasteiger partial charge in [-0.2, -0.15) is 0 Å². The summed E-state index contributed by atoms with van der Waals surface area (Å²) in [6.07, 6.45) is 0.862. The normalized spacial score (nSPS) is 24.4. The predicted octanol–water partition coefficient (Wildman–Crippen LogP) is 2.30. The third-order valence-electron chi connectivity index (χ3n) is 3.09. The van der Waals surface area contributed by atoms with E-state index >= 15 is 0 Å². The number of hydrogen-bond acceptors (Lipinski definition) is 3. The van der Waals surface area contributed by atoms with E-state index in [0.717, 1.165) is 17.7 Å². The van der Waals surface area contributed by atoms with Crippen molar-refractivity contribution in [3.8, 4) is 5.75 Å². The number of rotatable bonds is 3. The number of Topliss-reactive ketones (excluding diaryl/α,β-unsaturated/α-hetero) is 1. The van der Waals surface area contributed by atoms with Gasteiger partial charge in [0.1, 0.15) is 5.75 Å². The van der Waals surface area contributed by atoms with Crippen molar-refractivity contribution in [3.63, 3.8) is 0 Å². The second kappa shape index (κ2) is 4.66. The quantitative estimate of drug-likeness (QED) is 0.733. The molecule has 1 aromatic carbocycles. The Morgan fingerprint density at radius 3 is 2.56 bits per heavy atom. The van der Waals surface area contributed by atoms with E-state index in [0.29, 0.717) is 6.61 Å². The Hall–Kier alpha value is -1.35. The molecule has 1 aromatic rings. The van der Waals surface area contributed by atoms with E-state index in [9.17, 15) is 4.79 Å². The lowest BCUT2D eigenvalue weighted by atomic mass is 9.92. The van der Waals surface area contributed by atoms with E-state index < -0.39 is 0 Å². The summed E-state index contributed by atoms with van der Waals surface area (Å²) in [5.74, 6) is 0.952. The van der Waals surface area contributed by atoms with Gasteiger partial charge in [0.25, 0.3) is 0 Å². The molecule has 0 spiro atoms. The molecule has 3 nitrogen and oxygen atoms in total. The van der Waals surface area contributed by atoms with Crippen LogP contribution in [0.1, 0.15) is 23.7 Å². The molecule has 1 aliphatic heterocycles. The first-order valence-corrected chi connectivity index (χ1v) is 5.52. The minimum Gasteiger partial charge on any atom is -0.497 e. The molecule has 0 N–H and O–H groups in total. The minimum atomic E-state index is 0.00777. The fourth-order valence-electron chi connectivity index (χ4n) is 2.05. The molecule has 16 heavy (non-hydrogen) atoms. The molecular formula is C13H16O3. The molecule has 1 heterocycles. The number of ether oxygens (including phenoxy) is 2. The average molecular weight is 220 g/mol. The number of methoxy groups -OCH3 is 1. The Labute approximate surface area is 95.4 Å². The number of benzene rings is 1. The van der Waals surface area contributed by atoms with E-state index in [1.165, 1.54) is 0 Å². The fraction of sp³-hybridized carbons (Fsp3) is 0.462. The van der Waals surface area contributed by atoms with Gasteiger partial charge in [0.15, 0.2) is 5.78 Å². The van der Waals surface area contributed by atoms with Crippen LogP contribution in [0.4, 0.5) is 0 Å². The minimum absolute atomic E-state index is 0.00777. The maximum absolute atomic E-state index is 12.1. The van der Waals surface area contributed by atoms with Crippen LogP contribution in [0.3, 0.4) is 0 Å². The van der Waals surface area contributed by atoms with Crippen LogP contribution in [0.5, 0.6) is 5.75 Å². The third kappa shape index (κ3) is 2.09. The molecule has 2 atom stereocenters. The van der Waals surface area contributed by atoms with Crippen molar-refractivity contribution in [2.24, 2.45) is 5.92 Å². The average Bonchev–Trinajstić information content (AvgIpc) is 2.75. The number of ketones is 1. The topological polar surface area (TPSA) is 35.5 Å². The molecule has 86 valence electrons. The van der Waals surface area contributed by atoms with Crippen LogP contribution >= 0.6 is 0 Å². The highest BCUT2D eigenvalue weighted by atomic mass is 16.5. The molecule has 2 unspecified atom stereocenters. The van der Waals surface area contributed by atoms with Gasteiger partial charge in [0, 0.05) is 12.2 Å². The summed E-state index contributed by atoms with van der Waals surface area (Å²) in [4.78, 5) is 12.1. The summed E-state index contributed by atoms with van der Waals surface area (Å²) in [5, 5.41) is 0. The van der Waals surface area contributed by atoms with Crippen LogP contribution < -0.4 is 4.74 Å². The van der Waals surface area contributed by atoms with E-state index in [1.54, 1.807) is 7.11 Å². The van der Waals surface area contributed by atoms with Crippen molar-refractivity contribution in [3.05, 3.63) is 29.8 Å². The Kier molecular flexibility index (Phi) is 3.25. The summed E-state index contributed by atoms with van der Waals surface area (Å²) < 4.78 is 10.5. The summed E-state index contributed by atoms with van der Waals surface area (Å²) in [6.45, 7) is 2.65. The Balaban J connectivity index is 2.14. The van der Waals surface area contributed by atoms with Gasteiger partial charge in [-0.05, 0) is 37.6 Å². The maximum Gasteiger partial charge on any atom is 0.168 e. The third-order valence-corrected chi connectivity index (χ3v) is 3.09. The fourth-order valence-corrected chi connectivity index (χ4v) is 2.05. The second-order valence-corrected chi connectivity index (χ2v) is 4.06. The Morgan fingerprint density at radius 2 is 2.06 bits per heavy atom. The first kappa shape index (κ1) is 11.1. The van der Waals surface area contributed by atoms with Gasteiger partial charge in [0.2, 0.25) is 0 Å². The van der Waals surface area contributed by atoms with Crippen molar-refractivity contribution < 1.29 is 14.3 Å².